The predicted molar refractivity (Wildman–Crippen MR) is 60.2 cm³/mol. The number of aliphatic carboxylic acids is 1. The van der Waals surface area contributed by atoms with Crippen LogP contribution >= 0.6 is 0 Å². The number of carboxylic acids is 1. The number of hydrogen-bond donors (Lipinski definition) is 1. The van der Waals surface area contributed by atoms with E-state index in [0.29, 0.717) is 5.56 Å². The van der Waals surface area contributed by atoms with Crippen molar-refractivity contribution >= 4 is 28.9 Å². The zero-order chi connectivity index (χ0) is 13.1. The SMILES string of the molecule is [N-]=[N+]=Nc1cc2oc(=O)oc2cc1/C=C/C(=O)O. The van der Waals surface area contributed by atoms with Crippen molar-refractivity contribution in [3.63, 3.8) is 0 Å². The molecule has 0 aliphatic carbocycles. The fourth-order valence-corrected chi connectivity index (χ4v) is 1.35. The maximum atomic E-state index is 10.9. The highest BCUT2D eigenvalue weighted by atomic mass is 16.6. The minimum Gasteiger partial charge on any atom is -0.478 e. The van der Waals surface area contributed by atoms with E-state index >= 15 is 0 Å². The number of azide groups is 1. The molecular formula is C10H5N3O5. The van der Waals surface area contributed by atoms with Crippen LogP contribution in [0.1, 0.15) is 5.56 Å². The lowest BCUT2D eigenvalue weighted by atomic mass is 10.1. The van der Waals surface area contributed by atoms with Crippen LogP contribution in [0.25, 0.3) is 27.7 Å². The molecule has 0 aliphatic rings. The largest absolute Gasteiger partial charge is 0.519 e. The van der Waals surface area contributed by atoms with Crippen molar-refractivity contribution < 1.29 is 18.7 Å². The highest BCUT2D eigenvalue weighted by Crippen LogP contribution is 2.27. The molecule has 0 atom stereocenters. The first-order chi connectivity index (χ1) is 8.60. The van der Waals surface area contributed by atoms with Gasteiger partial charge in [-0.25, -0.2) is 9.59 Å². The van der Waals surface area contributed by atoms with E-state index in [9.17, 15) is 9.59 Å². The van der Waals surface area contributed by atoms with Crippen LogP contribution < -0.4 is 5.82 Å². The monoisotopic (exact) mass is 247 g/mol. The topological polar surface area (TPSA) is 129 Å². The van der Waals surface area contributed by atoms with E-state index in [1.54, 1.807) is 0 Å². The third-order valence-corrected chi connectivity index (χ3v) is 2.04. The Morgan fingerprint density at radius 2 is 2.06 bits per heavy atom. The van der Waals surface area contributed by atoms with Gasteiger partial charge in [0.25, 0.3) is 0 Å². The maximum Gasteiger partial charge on any atom is 0.519 e. The molecule has 0 bridgehead atoms. The molecule has 0 aliphatic heterocycles. The number of nitrogens with zero attached hydrogens (tertiary/aromatic N) is 3. The average molecular weight is 247 g/mol. The van der Waals surface area contributed by atoms with E-state index in [1.165, 1.54) is 18.2 Å². The van der Waals surface area contributed by atoms with E-state index in [2.05, 4.69) is 14.4 Å². The van der Waals surface area contributed by atoms with Gasteiger partial charge >= 0.3 is 11.8 Å². The predicted octanol–water partition coefficient (Wildman–Crippen LogP) is 2.43. The Morgan fingerprint density at radius 3 is 2.67 bits per heavy atom. The molecule has 1 heterocycles. The van der Waals surface area contributed by atoms with Crippen molar-refractivity contribution in [1.82, 2.24) is 0 Å². The van der Waals surface area contributed by atoms with Gasteiger partial charge in [0.05, 0.1) is 0 Å². The van der Waals surface area contributed by atoms with Crippen LogP contribution in [-0.4, -0.2) is 11.1 Å². The normalized spacial score (nSPS) is 10.7. The van der Waals surface area contributed by atoms with E-state index < -0.39 is 11.8 Å². The van der Waals surface area contributed by atoms with Gasteiger partial charge in [-0.15, -0.1) is 0 Å². The Morgan fingerprint density at radius 1 is 1.39 bits per heavy atom. The summed E-state index contributed by atoms with van der Waals surface area (Å²) in [5.74, 6) is -2.05. The van der Waals surface area contributed by atoms with Crippen LogP contribution in [0.3, 0.4) is 0 Å². The zero-order valence-electron chi connectivity index (χ0n) is 8.73. The Labute approximate surface area is 98.4 Å². The lowest BCUT2D eigenvalue weighted by molar-refractivity contribution is -0.131. The van der Waals surface area contributed by atoms with E-state index in [1.807, 2.05) is 0 Å². The molecule has 2 rings (SSSR count). The van der Waals surface area contributed by atoms with Gasteiger partial charge in [0.1, 0.15) is 0 Å². The van der Waals surface area contributed by atoms with Crippen LogP contribution in [0.15, 0.2) is 37.0 Å². The molecule has 8 nitrogen and oxygen atoms in total. The average Bonchev–Trinajstić information content (AvgIpc) is 2.65. The van der Waals surface area contributed by atoms with Crippen molar-refractivity contribution in [2.45, 2.75) is 0 Å². The molecule has 18 heavy (non-hydrogen) atoms. The Kier molecular flexibility index (Phi) is 2.86. The first-order valence-corrected chi connectivity index (χ1v) is 4.64. The van der Waals surface area contributed by atoms with Crippen LogP contribution in [0.4, 0.5) is 5.69 Å². The Balaban J connectivity index is 2.67. The maximum absolute atomic E-state index is 10.9. The fraction of sp³-hybridized carbons (Fsp3) is 0. The molecule has 0 spiro atoms. The minimum atomic E-state index is -1.16. The first kappa shape index (κ1) is 11.5. The number of hydrogen-bond acceptors (Lipinski definition) is 5. The standard InChI is InChI=1S/C10H5N3O5/c11-13-12-6-4-8-7(17-10(16)18-8)3-5(6)1-2-9(14)15/h1-4H,(H,14,15)/b2-1+. The molecule has 0 unspecified atom stereocenters. The molecule has 2 aromatic rings. The summed E-state index contributed by atoms with van der Waals surface area (Å²) in [5, 5.41) is 11.9. The number of benzene rings is 1. The van der Waals surface area contributed by atoms with Gasteiger partial charge < -0.3 is 13.9 Å². The molecular weight excluding hydrogens is 242 g/mol. The molecule has 8 heteroatoms. The van der Waals surface area contributed by atoms with Crippen molar-refractivity contribution in [3.05, 3.63) is 44.8 Å². The number of carbonyl (C=O) groups is 1. The number of rotatable bonds is 3. The molecule has 0 amide bonds. The van der Waals surface area contributed by atoms with Gasteiger partial charge in [0, 0.05) is 16.7 Å². The van der Waals surface area contributed by atoms with Crippen molar-refractivity contribution in [1.29, 1.82) is 0 Å². The van der Waals surface area contributed by atoms with E-state index in [0.717, 1.165) is 6.08 Å². The van der Waals surface area contributed by atoms with Crippen molar-refractivity contribution in [2.75, 3.05) is 0 Å². The summed E-state index contributed by atoms with van der Waals surface area (Å²) in [7, 11) is 0. The molecule has 90 valence electrons. The summed E-state index contributed by atoms with van der Waals surface area (Å²) in [6, 6.07) is 2.64. The van der Waals surface area contributed by atoms with Gasteiger partial charge in [-0.2, -0.15) is 0 Å². The van der Waals surface area contributed by atoms with Crippen molar-refractivity contribution in [2.24, 2.45) is 5.11 Å². The van der Waals surface area contributed by atoms with Crippen LogP contribution in [0, 0.1) is 0 Å². The summed E-state index contributed by atoms with van der Waals surface area (Å²) in [6.07, 6.45) is 2.09. The lowest BCUT2D eigenvalue weighted by Crippen LogP contribution is -1.85. The summed E-state index contributed by atoms with van der Waals surface area (Å²) in [4.78, 5) is 23.9. The van der Waals surface area contributed by atoms with Gasteiger partial charge in [0.15, 0.2) is 11.2 Å². The minimum absolute atomic E-state index is 0.120. The third-order valence-electron chi connectivity index (χ3n) is 2.04. The molecule has 1 aromatic heterocycles. The highest BCUT2D eigenvalue weighted by Gasteiger charge is 2.08. The molecule has 1 aromatic carbocycles. The quantitative estimate of drug-likeness (QED) is 0.385. The molecule has 1 N–H and O–H groups in total. The molecule has 0 fully saturated rings. The summed E-state index contributed by atoms with van der Waals surface area (Å²) < 4.78 is 9.40. The zero-order valence-corrected chi connectivity index (χ0v) is 8.73. The Hall–Kier alpha value is -2.99. The van der Waals surface area contributed by atoms with Crippen LogP contribution in [-0.2, 0) is 4.79 Å². The van der Waals surface area contributed by atoms with E-state index in [4.69, 9.17) is 15.1 Å². The molecule has 0 saturated carbocycles. The molecule has 0 radical (unpaired) electrons. The van der Waals surface area contributed by atoms with E-state index in [-0.39, 0.29) is 16.9 Å². The smallest absolute Gasteiger partial charge is 0.478 e. The number of fused-ring (bicyclic) bond motifs is 1. The highest BCUT2D eigenvalue weighted by molar-refractivity contribution is 5.89. The van der Waals surface area contributed by atoms with Crippen LogP contribution in [0.2, 0.25) is 0 Å². The summed E-state index contributed by atoms with van der Waals surface area (Å²) in [6.45, 7) is 0. The third kappa shape index (κ3) is 2.23. The second kappa shape index (κ2) is 4.48. The first-order valence-electron chi connectivity index (χ1n) is 4.64. The second-order valence-electron chi connectivity index (χ2n) is 3.17. The molecule has 0 saturated heterocycles. The summed E-state index contributed by atoms with van der Waals surface area (Å²) in [5.41, 5.74) is 9.09. The van der Waals surface area contributed by atoms with Gasteiger partial charge in [-0.05, 0) is 29.3 Å². The fourth-order valence-electron chi connectivity index (χ4n) is 1.35. The Bertz CT molecular complexity index is 748. The van der Waals surface area contributed by atoms with Gasteiger partial charge in [-0.3, -0.25) is 0 Å². The van der Waals surface area contributed by atoms with Gasteiger partial charge in [0.2, 0.25) is 0 Å². The lowest BCUT2D eigenvalue weighted by Gasteiger charge is -1.97. The second-order valence-corrected chi connectivity index (χ2v) is 3.17. The van der Waals surface area contributed by atoms with Crippen molar-refractivity contribution in [3.8, 4) is 0 Å². The van der Waals surface area contributed by atoms with Crippen LogP contribution in [0.5, 0.6) is 0 Å². The van der Waals surface area contributed by atoms with Gasteiger partial charge in [-0.1, -0.05) is 5.11 Å². The number of carboxylic acid groups (broad SMARTS) is 1. The summed E-state index contributed by atoms with van der Waals surface area (Å²) >= 11 is 0.